The van der Waals surface area contributed by atoms with Crippen molar-refractivity contribution in [2.75, 3.05) is 27.2 Å². The minimum Gasteiger partial charge on any atom is -0.256 e. The fraction of sp³-hybridized carbons (Fsp3) is 1.00. The minimum absolute atomic E-state index is 0.425. The lowest BCUT2D eigenvalue weighted by Crippen LogP contribution is -2.35. The van der Waals surface area contributed by atoms with Crippen LogP contribution in [-0.2, 0) is 10.2 Å². The highest BCUT2D eigenvalue weighted by atomic mass is 32.2. The van der Waals surface area contributed by atoms with Crippen LogP contribution in [0.1, 0.15) is 6.42 Å². The Morgan fingerprint density at radius 2 is 2.08 bits per heavy atom. The van der Waals surface area contributed by atoms with Crippen LogP contribution in [0.15, 0.2) is 0 Å². The fourth-order valence-electron chi connectivity index (χ4n) is 0.587. The van der Waals surface area contributed by atoms with Crippen molar-refractivity contribution in [3.63, 3.8) is 0 Å². The van der Waals surface area contributed by atoms with Crippen molar-refractivity contribution in [1.29, 1.82) is 0 Å². The zero-order valence-corrected chi connectivity index (χ0v) is 8.95. The summed E-state index contributed by atoms with van der Waals surface area (Å²) in [6, 6.07) is 0. The van der Waals surface area contributed by atoms with Gasteiger partial charge in [-0.2, -0.15) is 8.42 Å². The second-order valence-corrected chi connectivity index (χ2v) is 4.72. The van der Waals surface area contributed by atoms with E-state index in [0.29, 0.717) is 6.54 Å². The smallest absolute Gasteiger partial charge is 0.256 e. The van der Waals surface area contributed by atoms with Gasteiger partial charge in [-0.05, 0) is 13.5 Å². The summed E-state index contributed by atoms with van der Waals surface area (Å²) in [5.74, 6) is 0. The molecule has 7 heteroatoms. The second kappa shape index (κ2) is 5.76. The molecule has 0 atom stereocenters. The Bertz CT molecular complexity index is 203. The molecule has 0 saturated heterocycles. The van der Waals surface area contributed by atoms with Crippen molar-refractivity contribution in [3.8, 4) is 0 Å². The van der Waals surface area contributed by atoms with Crippen molar-refractivity contribution < 1.29 is 8.42 Å². The summed E-state index contributed by atoms with van der Waals surface area (Å²) < 4.78 is 27.8. The van der Waals surface area contributed by atoms with Crippen LogP contribution in [0.5, 0.6) is 0 Å². The molecule has 0 aliphatic rings. The highest BCUT2D eigenvalue weighted by Gasteiger charge is 2.03. The monoisotopic (exact) mass is 213 g/mol. The van der Waals surface area contributed by atoms with Crippen molar-refractivity contribution in [1.82, 2.24) is 13.7 Å². The van der Waals surface area contributed by atoms with E-state index in [0.717, 1.165) is 13.0 Å². The van der Waals surface area contributed by atoms with E-state index in [-0.39, 0.29) is 0 Å². The van der Waals surface area contributed by atoms with E-state index in [1.807, 2.05) is 7.05 Å². The molecule has 0 aromatic carbocycles. The van der Waals surface area contributed by atoms with Gasteiger partial charge in [0.1, 0.15) is 0 Å². The molecule has 0 aromatic heterocycles. The van der Waals surface area contributed by atoms with E-state index in [4.69, 9.17) is 0 Å². The highest BCUT2D eigenvalue weighted by molar-refractivity contribution is 7.87. The summed E-state index contributed by atoms with van der Waals surface area (Å²) in [6.07, 6.45) is 0.737. The second-order valence-electron chi connectivity index (χ2n) is 2.34. The van der Waals surface area contributed by atoms with Crippen molar-refractivity contribution in [2.24, 2.45) is 0 Å². The van der Waals surface area contributed by atoms with Crippen molar-refractivity contribution in [3.05, 3.63) is 0 Å². The maximum absolute atomic E-state index is 10.8. The Kier molecular flexibility index (Phi) is 5.85. The predicted octanol–water partition coefficient (Wildman–Crippen LogP) is -0.793. The van der Waals surface area contributed by atoms with Gasteiger partial charge in [-0.25, -0.2) is 9.44 Å². The largest absolute Gasteiger partial charge is 0.276 e. The van der Waals surface area contributed by atoms with Crippen LogP contribution in [0.25, 0.3) is 0 Å². The van der Waals surface area contributed by atoms with Crippen LogP contribution in [0, 0.1) is 0 Å². The first-order valence-electron chi connectivity index (χ1n) is 3.56. The Labute approximate surface area is 79.2 Å². The lowest BCUT2D eigenvalue weighted by Gasteiger charge is -2.08. The number of nitrogens with one attached hydrogen (secondary N) is 2. The third kappa shape index (κ3) is 6.86. The number of thiol groups is 1. The molecule has 2 N–H and O–H groups in total. The Hall–Kier alpha value is 0.180. The number of hydrogen-bond acceptors (Lipinski definition) is 4. The molecular weight excluding hydrogens is 198 g/mol. The van der Waals surface area contributed by atoms with Crippen molar-refractivity contribution in [2.45, 2.75) is 6.42 Å². The third-order valence-electron chi connectivity index (χ3n) is 1.22. The van der Waals surface area contributed by atoms with Crippen LogP contribution < -0.4 is 9.44 Å². The van der Waals surface area contributed by atoms with E-state index in [1.165, 1.54) is 7.05 Å². The van der Waals surface area contributed by atoms with Gasteiger partial charge < -0.3 is 0 Å². The third-order valence-corrected chi connectivity index (χ3v) is 2.54. The summed E-state index contributed by atoms with van der Waals surface area (Å²) in [4.78, 5) is 0. The van der Waals surface area contributed by atoms with Gasteiger partial charge in [-0.1, -0.05) is 12.8 Å². The Morgan fingerprint density at radius 3 is 2.50 bits per heavy atom. The Balaban J connectivity index is 3.45. The molecular formula is C5H15N3O2S2. The standard InChI is InChI=1S/C5H15N3O2S2/c1-6-12(9,10)7-4-3-5-8(2)11/h6-7,11H,3-5H2,1-2H3. The molecule has 0 rings (SSSR count). The molecule has 0 heterocycles. The molecule has 0 amide bonds. The summed E-state index contributed by atoms with van der Waals surface area (Å²) in [6.45, 7) is 1.17. The molecule has 0 aliphatic heterocycles. The first kappa shape index (κ1) is 12.2. The van der Waals surface area contributed by atoms with Crippen LogP contribution in [0.2, 0.25) is 0 Å². The van der Waals surface area contributed by atoms with Gasteiger partial charge in [0.25, 0.3) is 10.2 Å². The van der Waals surface area contributed by atoms with E-state index in [2.05, 4.69) is 22.3 Å². The number of hydrogen-bond donors (Lipinski definition) is 3. The fourth-order valence-corrected chi connectivity index (χ4v) is 1.29. The molecule has 74 valence electrons. The maximum atomic E-state index is 10.8. The zero-order valence-electron chi connectivity index (χ0n) is 7.24. The summed E-state index contributed by atoms with van der Waals surface area (Å²) in [5, 5.41) is 0. The molecule has 0 bridgehead atoms. The molecule has 12 heavy (non-hydrogen) atoms. The molecule has 0 saturated carbocycles. The molecule has 0 radical (unpaired) electrons. The molecule has 5 nitrogen and oxygen atoms in total. The lowest BCUT2D eigenvalue weighted by atomic mass is 10.4. The highest BCUT2D eigenvalue weighted by Crippen LogP contribution is 1.88. The zero-order chi connectivity index (χ0) is 9.61. The normalized spacial score (nSPS) is 12.3. The first-order chi connectivity index (χ1) is 5.48. The lowest BCUT2D eigenvalue weighted by molar-refractivity contribution is 0.533. The predicted molar refractivity (Wildman–Crippen MR) is 52.2 cm³/mol. The average molecular weight is 213 g/mol. The number of rotatable bonds is 6. The first-order valence-corrected chi connectivity index (χ1v) is 5.44. The van der Waals surface area contributed by atoms with Crippen LogP contribution in [0.4, 0.5) is 0 Å². The minimum atomic E-state index is -3.26. The van der Waals surface area contributed by atoms with Crippen molar-refractivity contribution >= 4 is 23.0 Å². The van der Waals surface area contributed by atoms with E-state index in [9.17, 15) is 8.42 Å². The van der Waals surface area contributed by atoms with Gasteiger partial charge in [-0.15, -0.1) is 0 Å². The summed E-state index contributed by atoms with van der Waals surface area (Å²) in [5.41, 5.74) is 0. The molecule has 0 aliphatic carbocycles. The van der Waals surface area contributed by atoms with Gasteiger partial charge in [0.15, 0.2) is 0 Å². The van der Waals surface area contributed by atoms with Gasteiger partial charge >= 0.3 is 0 Å². The van der Waals surface area contributed by atoms with Gasteiger partial charge in [-0.3, -0.25) is 4.31 Å². The molecule has 0 unspecified atom stereocenters. The molecule has 0 fully saturated rings. The SMILES string of the molecule is CNS(=O)(=O)NCCCN(C)S. The van der Waals surface area contributed by atoms with Gasteiger partial charge in [0.05, 0.1) is 0 Å². The van der Waals surface area contributed by atoms with Gasteiger partial charge in [0, 0.05) is 20.1 Å². The average Bonchev–Trinajstić information content (AvgIpc) is 1.98. The summed E-state index contributed by atoms with van der Waals surface area (Å²) in [7, 11) is -0.0776. The van der Waals surface area contributed by atoms with Crippen LogP contribution >= 0.6 is 12.8 Å². The topological polar surface area (TPSA) is 61.4 Å². The van der Waals surface area contributed by atoms with Gasteiger partial charge in [0.2, 0.25) is 0 Å². The van der Waals surface area contributed by atoms with E-state index in [1.54, 1.807) is 4.31 Å². The molecule has 0 spiro atoms. The summed E-state index contributed by atoms with van der Waals surface area (Å²) >= 11 is 4.01. The quantitative estimate of drug-likeness (QED) is 0.400. The van der Waals surface area contributed by atoms with E-state index >= 15 is 0 Å². The van der Waals surface area contributed by atoms with Crippen LogP contribution in [-0.4, -0.2) is 39.9 Å². The number of nitrogens with zero attached hydrogens (tertiary/aromatic N) is 1. The Morgan fingerprint density at radius 1 is 1.50 bits per heavy atom. The molecule has 0 aromatic rings. The van der Waals surface area contributed by atoms with E-state index < -0.39 is 10.2 Å². The van der Waals surface area contributed by atoms with Crippen LogP contribution in [0.3, 0.4) is 0 Å². The maximum Gasteiger partial charge on any atom is 0.276 e.